The molecule has 2 heterocycles. The van der Waals surface area contributed by atoms with E-state index < -0.39 is 0 Å². The molecular weight excluding hydrogens is 240 g/mol. The van der Waals surface area contributed by atoms with Gasteiger partial charge in [0.05, 0.1) is 11.1 Å². The van der Waals surface area contributed by atoms with E-state index >= 15 is 0 Å². The molecule has 0 saturated heterocycles. The summed E-state index contributed by atoms with van der Waals surface area (Å²) in [5.74, 6) is 0.430. The second kappa shape index (κ2) is 4.53. The number of hydrogen-bond acceptors (Lipinski definition) is 3. The van der Waals surface area contributed by atoms with Crippen molar-refractivity contribution >= 4 is 16.8 Å². The summed E-state index contributed by atoms with van der Waals surface area (Å²) >= 11 is 0. The summed E-state index contributed by atoms with van der Waals surface area (Å²) in [6.07, 6.45) is 5.12. The molecule has 1 N–H and O–H groups in total. The summed E-state index contributed by atoms with van der Waals surface area (Å²) < 4.78 is 1.82. The van der Waals surface area contributed by atoms with Crippen molar-refractivity contribution in [3.05, 3.63) is 54.5 Å². The molecule has 0 atom stereocenters. The van der Waals surface area contributed by atoms with Crippen LogP contribution in [0.5, 0.6) is 0 Å². The number of benzene rings is 1. The van der Waals surface area contributed by atoms with Crippen LogP contribution in [0, 0.1) is 0 Å². The highest BCUT2D eigenvalue weighted by atomic mass is 16.1. The van der Waals surface area contributed by atoms with Crippen LogP contribution in [0.1, 0.15) is 10.4 Å². The molecule has 0 aliphatic heterocycles. The van der Waals surface area contributed by atoms with Crippen LogP contribution >= 0.6 is 0 Å². The third kappa shape index (κ3) is 1.85. The first-order valence-corrected chi connectivity index (χ1v) is 5.91. The number of aromatic nitrogens is 3. The van der Waals surface area contributed by atoms with Crippen LogP contribution in [0.3, 0.4) is 0 Å². The summed E-state index contributed by atoms with van der Waals surface area (Å²) in [5.41, 5.74) is 1.53. The standard InChI is InChI=1S/C14H12N4O/c1-15-13(19)11-9-18(14-16-7-4-8-17-14)12-6-3-2-5-10(11)12/h2-9H,1H3,(H,15,19). The molecule has 0 fully saturated rings. The van der Waals surface area contributed by atoms with Crippen molar-refractivity contribution in [2.24, 2.45) is 0 Å². The van der Waals surface area contributed by atoms with Crippen molar-refractivity contribution in [2.75, 3.05) is 7.05 Å². The van der Waals surface area contributed by atoms with E-state index in [2.05, 4.69) is 15.3 Å². The average Bonchev–Trinajstić information content (AvgIpc) is 2.87. The molecule has 19 heavy (non-hydrogen) atoms. The highest BCUT2D eigenvalue weighted by molar-refractivity contribution is 6.07. The smallest absolute Gasteiger partial charge is 0.253 e. The number of rotatable bonds is 2. The zero-order chi connectivity index (χ0) is 13.2. The van der Waals surface area contributed by atoms with E-state index in [1.807, 2.05) is 28.8 Å². The largest absolute Gasteiger partial charge is 0.355 e. The number of carbonyl (C=O) groups excluding carboxylic acids is 1. The zero-order valence-corrected chi connectivity index (χ0v) is 10.4. The number of nitrogens with one attached hydrogen (secondary N) is 1. The molecular formula is C14H12N4O. The molecule has 0 spiro atoms. The lowest BCUT2D eigenvalue weighted by Crippen LogP contribution is -2.17. The van der Waals surface area contributed by atoms with Gasteiger partial charge in [-0.05, 0) is 12.1 Å². The van der Waals surface area contributed by atoms with Crippen molar-refractivity contribution in [3.63, 3.8) is 0 Å². The Morgan fingerprint density at radius 3 is 2.63 bits per heavy atom. The maximum absolute atomic E-state index is 11.9. The van der Waals surface area contributed by atoms with Crippen LogP contribution in [-0.2, 0) is 0 Å². The molecule has 5 heteroatoms. The second-order valence-corrected chi connectivity index (χ2v) is 4.06. The molecule has 3 aromatic rings. The van der Waals surface area contributed by atoms with Crippen molar-refractivity contribution in [2.45, 2.75) is 0 Å². The number of carbonyl (C=O) groups is 1. The minimum Gasteiger partial charge on any atom is -0.355 e. The van der Waals surface area contributed by atoms with Gasteiger partial charge in [-0.15, -0.1) is 0 Å². The van der Waals surface area contributed by atoms with Gasteiger partial charge in [0.2, 0.25) is 5.95 Å². The van der Waals surface area contributed by atoms with E-state index in [1.54, 1.807) is 31.7 Å². The minimum atomic E-state index is -0.120. The Morgan fingerprint density at radius 2 is 1.89 bits per heavy atom. The topological polar surface area (TPSA) is 59.8 Å². The van der Waals surface area contributed by atoms with Gasteiger partial charge >= 0.3 is 0 Å². The maximum atomic E-state index is 11.9. The first-order chi connectivity index (χ1) is 9.31. The number of hydrogen-bond donors (Lipinski definition) is 1. The lowest BCUT2D eigenvalue weighted by molar-refractivity contribution is 0.0964. The highest BCUT2D eigenvalue weighted by Gasteiger charge is 2.15. The third-order valence-corrected chi connectivity index (χ3v) is 2.95. The minimum absolute atomic E-state index is 0.120. The van der Waals surface area contributed by atoms with E-state index in [0.717, 1.165) is 10.9 Å². The van der Waals surface area contributed by atoms with Gasteiger partial charge in [0, 0.05) is 31.0 Å². The van der Waals surface area contributed by atoms with Crippen LogP contribution < -0.4 is 5.32 Å². The average molecular weight is 252 g/mol. The Balaban J connectivity index is 2.29. The SMILES string of the molecule is CNC(=O)c1cn(-c2ncccn2)c2ccccc12. The van der Waals surface area contributed by atoms with Gasteiger partial charge in [0.1, 0.15) is 0 Å². The summed E-state index contributed by atoms with van der Waals surface area (Å²) in [6.45, 7) is 0. The van der Waals surface area contributed by atoms with Gasteiger partial charge < -0.3 is 5.32 Å². The second-order valence-electron chi connectivity index (χ2n) is 4.06. The molecule has 0 radical (unpaired) electrons. The van der Waals surface area contributed by atoms with Crippen LogP contribution in [0.25, 0.3) is 16.9 Å². The van der Waals surface area contributed by atoms with Crippen LogP contribution in [0.15, 0.2) is 48.9 Å². The fourth-order valence-corrected chi connectivity index (χ4v) is 2.08. The maximum Gasteiger partial charge on any atom is 0.253 e. The van der Waals surface area contributed by atoms with Gasteiger partial charge in [-0.2, -0.15) is 0 Å². The van der Waals surface area contributed by atoms with E-state index in [0.29, 0.717) is 11.5 Å². The first-order valence-electron chi connectivity index (χ1n) is 5.91. The molecule has 94 valence electrons. The van der Waals surface area contributed by atoms with E-state index in [9.17, 15) is 4.79 Å². The molecule has 2 aromatic heterocycles. The zero-order valence-electron chi connectivity index (χ0n) is 10.4. The van der Waals surface area contributed by atoms with Crippen molar-refractivity contribution in [3.8, 4) is 5.95 Å². The molecule has 0 bridgehead atoms. The monoisotopic (exact) mass is 252 g/mol. The van der Waals surface area contributed by atoms with Crippen molar-refractivity contribution in [1.29, 1.82) is 0 Å². The van der Waals surface area contributed by atoms with E-state index in [-0.39, 0.29) is 5.91 Å². The van der Waals surface area contributed by atoms with Crippen LogP contribution in [0.2, 0.25) is 0 Å². The normalized spacial score (nSPS) is 10.6. The summed E-state index contributed by atoms with van der Waals surface area (Å²) in [7, 11) is 1.62. The van der Waals surface area contributed by atoms with Gasteiger partial charge in [0.15, 0.2) is 0 Å². The number of nitrogens with zero attached hydrogens (tertiary/aromatic N) is 3. The third-order valence-electron chi connectivity index (χ3n) is 2.95. The van der Waals surface area contributed by atoms with Crippen LogP contribution in [0.4, 0.5) is 0 Å². The van der Waals surface area contributed by atoms with E-state index in [4.69, 9.17) is 0 Å². The Morgan fingerprint density at radius 1 is 1.16 bits per heavy atom. The van der Waals surface area contributed by atoms with Gasteiger partial charge in [-0.25, -0.2) is 9.97 Å². The fraction of sp³-hybridized carbons (Fsp3) is 0.0714. The number of amides is 1. The Hall–Kier alpha value is -2.69. The highest BCUT2D eigenvalue weighted by Crippen LogP contribution is 2.23. The number of fused-ring (bicyclic) bond motifs is 1. The Kier molecular flexibility index (Phi) is 2.72. The predicted octanol–water partition coefficient (Wildman–Crippen LogP) is 1.78. The van der Waals surface area contributed by atoms with Crippen LogP contribution in [-0.4, -0.2) is 27.5 Å². The van der Waals surface area contributed by atoms with E-state index in [1.165, 1.54) is 0 Å². The molecule has 1 amide bonds. The summed E-state index contributed by atoms with van der Waals surface area (Å²) in [6, 6.07) is 9.45. The summed E-state index contributed by atoms with van der Waals surface area (Å²) in [5, 5.41) is 3.53. The number of para-hydroxylation sites is 1. The predicted molar refractivity (Wildman–Crippen MR) is 72.3 cm³/mol. The molecule has 5 nitrogen and oxygen atoms in total. The van der Waals surface area contributed by atoms with Gasteiger partial charge in [-0.1, -0.05) is 18.2 Å². The molecule has 3 rings (SSSR count). The molecule has 0 unspecified atom stereocenters. The Labute approximate surface area is 109 Å². The quantitative estimate of drug-likeness (QED) is 0.756. The lowest BCUT2D eigenvalue weighted by Gasteiger charge is -2.01. The van der Waals surface area contributed by atoms with Gasteiger partial charge in [0.25, 0.3) is 5.91 Å². The van der Waals surface area contributed by atoms with Crippen molar-refractivity contribution < 1.29 is 4.79 Å². The van der Waals surface area contributed by atoms with Gasteiger partial charge in [-0.3, -0.25) is 9.36 Å². The van der Waals surface area contributed by atoms with Crippen molar-refractivity contribution in [1.82, 2.24) is 19.9 Å². The lowest BCUT2D eigenvalue weighted by atomic mass is 10.2. The molecule has 1 aromatic carbocycles. The molecule has 0 saturated carbocycles. The fourth-order valence-electron chi connectivity index (χ4n) is 2.08. The molecule has 0 aliphatic rings. The molecule has 0 aliphatic carbocycles. The first kappa shape index (κ1) is 11.4. The summed E-state index contributed by atoms with van der Waals surface area (Å²) in [4.78, 5) is 20.3. The Bertz CT molecular complexity index is 734.